The van der Waals surface area contributed by atoms with E-state index >= 15 is 0 Å². The van der Waals surface area contributed by atoms with Gasteiger partial charge in [-0.3, -0.25) is 32.6 Å². The van der Waals surface area contributed by atoms with Crippen molar-refractivity contribution in [1.82, 2.24) is 14.2 Å². The predicted molar refractivity (Wildman–Crippen MR) is 116 cm³/mol. The van der Waals surface area contributed by atoms with Crippen LogP contribution in [-0.4, -0.2) is 81.5 Å². The molecular formula is C18H29FN3O8PS. The zero-order chi connectivity index (χ0) is 24.3. The quantitative estimate of drug-likeness (QED) is 0.307. The lowest BCUT2D eigenvalue weighted by atomic mass is 9.86. The Labute approximate surface area is 188 Å². The second kappa shape index (κ2) is 10.7. The lowest BCUT2D eigenvalue weighted by Gasteiger charge is -2.32. The van der Waals surface area contributed by atoms with Crippen molar-refractivity contribution >= 4 is 24.6 Å². The minimum Gasteiger partial charge on any atom is -0.390 e. The largest absolute Gasteiger partial charge is 0.407 e. The van der Waals surface area contributed by atoms with Crippen LogP contribution in [0.3, 0.4) is 0 Å². The van der Waals surface area contributed by atoms with Crippen molar-refractivity contribution in [2.75, 3.05) is 39.7 Å². The van der Waals surface area contributed by atoms with Gasteiger partial charge in [-0.25, -0.2) is 14.0 Å². The Bertz CT molecular complexity index is 986. The number of aromatic amines is 1. The lowest BCUT2D eigenvalue weighted by molar-refractivity contribution is -0.109. The van der Waals surface area contributed by atoms with Gasteiger partial charge in [-0.2, -0.15) is 0 Å². The van der Waals surface area contributed by atoms with Crippen molar-refractivity contribution in [2.24, 2.45) is 5.41 Å². The highest BCUT2D eigenvalue weighted by Crippen LogP contribution is 2.54. The van der Waals surface area contributed by atoms with E-state index in [1.165, 1.54) is 38.8 Å². The topological polar surface area (TPSA) is 151 Å². The standard InChI is InChI=1S/C18H29FN3O8PS/c1-11-8-22(17(27)20-16(11)26)13-7-18(9-19,15(25)14(13)24)10-30-31(28,21(3)4)29-5-6-32-12(2)23/h8,13-15,24-25H,5-7,9-10H2,1-4H3,(H,20,26,27)/t13-,14-,15?,18+,31?/m1/s1. The summed E-state index contributed by atoms with van der Waals surface area (Å²) >= 11 is 0.983. The molecule has 1 aromatic rings. The third-order valence-electron chi connectivity index (χ3n) is 5.38. The van der Waals surface area contributed by atoms with Crippen LogP contribution in [0, 0.1) is 12.3 Å². The van der Waals surface area contributed by atoms with Gasteiger partial charge in [0.25, 0.3) is 5.56 Å². The number of aryl methyl sites for hydroxylation is 1. The summed E-state index contributed by atoms with van der Waals surface area (Å²) in [5.74, 6) is 0.239. The molecule has 1 fully saturated rings. The molecule has 2 unspecified atom stereocenters. The molecule has 1 aliphatic rings. The summed E-state index contributed by atoms with van der Waals surface area (Å²) in [6, 6.07) is -1.04. The van der Waals surface area contributed by atoms with Gasteiger partial charge in [0.05, 0.1) is 37.4 Å². The number of H-pyrrole nitrogens is 1. The van der Waals surface area contributed by atoms with E-state index in [1.807, 2.05) is 0 Å². The fourth-order valence-electron chi connectivity index (χ4n) is 3.46. The van der Waals surface area contributed by atoms with Gasteiger partial charge in [-0.1, -0.05) is 11.8 Å². The summed E-state index contributed by atoms with van der Waals surface area (Å²) in [5, 5.41) is 21.0. The molecule has 14 heteroatoms. The maximum Gasteiger partial charge on any atom is 0.407 e. The number of thioether (sulfide) groups is 1. The number of aliphatic hydroxyl groups is 2. The fourth-order valence-corrected chi connectivity index (χ4v) is 5.32. The number of hydrogen-bond donors (Lipinski definition) is 3. The van der Waals surface area contributed by atoms with Crippen LogP contribution in [0.4, 0.5) is 4.39 Å². The second-order valence-corrected chi connectivity index (χ2v) is 11.5. The number of carbonyl (C=O) groups is 1. The molecule has 0 bridgehead atoms. The van der Waals surface area contributed by atoms with Crippen LogP contribution in [0.25, 0.3) is 0 Å². The number of nitrogens with zero attached hydrogens (tertiary/aromatic N) is 2. The predicted octanol–water partition coefficient (Wildman–Crippen LogP) is 0.450. The number of halogens is 1. The Balaban J connectivity index is 2.22. The van der Waals surface area contributed by atoms with Gasteiger partial charge in [0, 0.05) is 24.4 Å². The van der Waals surface area contributed by atoms with E-state index in [4.69, 9.17) is 9.05 Å². The number of aromatic nitrogens is 2. The molecule has 1 aromatic heterocycles. The summed E-state index contributed by atoms with van der Waals surface area (Å²) in [7, 11) is -1.01. The van der Waals surface area contributed by atoms with Crippen LogP contribution in [0.2, 0.25) is 0 Å². The molecule has 0 aromatic carbocycles. The lowest BCUT2D eigenvalue weighted by Crippen LogP contribution is -2.42. The number of aliphatic hydroxyl groups excluding tert-OH is 2. The molecule has 1 heterocycles. The molecule has 182 valence electrons. The number of rotatable bonds is 10. The highest BCUT2D eigenvalue weighted by atomic mass is 32.2. The Hall–Kier alpha value is -1.34. The maximum absolute atomic E-state index is 14.2. The minimum absolute atomic E-state index is 0.0673. The van der Waals surface area contributed by atoms with Gasteiger partial charge < -0.3 is 10.2 Å². The molecule has 11 nitrogen and oxygen atoms in total. The summed E-state index contributed by atoms with van der Waals surface area (Å²) in [6.45, 7) is 1.09. The molecule has 2 rings (SSSR count). The average molecular weight is 497 g/mol. The van der Waals surface area contributed by atoms with Crippen molar-refractivity contribution in [1.29, 1.82) is 0 Å². The Kier molecular flexibility index (Phi) is 9.02. The Morgan fingerprint density at radius 1 is 1.41 bits per heavy atom. The van der Waals surface area contributed by atoms with Crippen LogP contribution >= 0.6 is 19.5 Å². The minimum atomic E-state index is -3.89. The molecular weight excluding hydrogens is 468 g/mol. The van der Waals surface area contributed by atoms with Gasteiger partial charge >= 0.3 is 13.4 Å². The summed E-state index contributed by atoms with van der Waals surface area (Å²) in [4.78, 5) is 37.0. The molecule has 0 amide bonds. The van der Waals surface area contributed by atoms with E-state index in [-0.39, 0.29) is 29.5 Å². The van der Waals surface area contributed by atoms with Crippen molar-refractivity contribution in [3.05, 3.63) is 32.6 Å². The van der Waals surface area contributed by atoms with Crippen LogP contribution in [0.5, 0.6) is 0 Å². The molecule has 5 atom stereocenters. The van der Waals surface area contributed by atoms with E-state index in [1.54, 1.807) is 0 Å². The second-order valence-electron chi connectivity index (χ2n) is 7.94. The third-order valence-corrected chi connectivity index (χ3v) is 8.10. The van der Waals surface area contributed by atoms with Crippen molar-refractivity contribution in [2.45, 2.75) is 38.5 Å². The average Bonchev–Trinajstić information content (AvgIpc) is 2.97. The summed E-state index contributed by atoms with van der Waals surface area (Å²) < 4.78 is 40.3. The van der Waals surface area contributed by atoms with Crippen LogP contribution < -0.4 is 11.2 Å². The summed E-state index contributed by atoms with van der Waals surface area (Å²) in [6.07, 6.45) is -2.16. The smallest absolute Gasteiger partial charge is 0.390 e. The number of nitrogens with one attached hydrogen (secondary N) is 1. The SMILES string of the molecule is CC(=O)SCCOP(=O)(OC[C@@]1(CF)C[C@@H](n2cc(C)c(=O)[nH]c2=O)[C@@H](O)C1O)N(C)C. The van der Waals surface area contributed by atoms with Gasteiger partial charge in [0.2, 0.25) is 0 Å². The number of hydrogen-bond acceptors (Lipinski definition) is 9. The van der Waals surface area contributed by atoms with E-state index in [2.05, 4.69) is 4.98 Å². The van der Waals surface area contributed by atoms with E-state index in [0.29, 0.717) is 0 Å². The van der Waals surface area contributed by atoms with Gasteiger partial charge in [0.15, 0.2) is 5.12 Å². The summed E-state index contributed by atoms with van der Waals surface area (Å²) in [5.41, 5.74) is -2.87. The first-order chi connectivity index (χ1) is 14.9. The van der Waals surface area contributed by atoms with Crippen LogP contribution in [0.15, 0.2) is 15.8 Å². The molecule has 0 radical (unpaired) electrons. The molecule has 1 saturated carbocycles. The molecule has 0 aliphatic heterocycles. The molecule has 3 N–H and O–H groups in total. The van der Waals surface area contributed by atoms with Crippen molar-refractivity contribution in [3.8, 4) is 0 Å². The monoisotopic (exact) mass is 497 g/mol. The number of alkyl halides is 1. The zero-order valence-corrected chi connectivity index (χ0v) is 20.0. The van der Waals surface area contributed by atoms with Gasteiger partial charge in [0.1, 0.15) is 6.10 Å². The normalized spacial score (nSPS) is 27.6. The fraction of sp³-hybridized carbons (Fsp3) is 0.722. The van der Waals surface area contributed by atoms with Gasteiger partial charge in [-0.15, -0.1) is 0 Å². The van der Waals surface area contributed by atoms with Crippen LogP contribution in [-0.2, 0) is 18.4 Å². The van der Waals surface area contributed by atoms with Crippen molar-refractivity contribution in [3.63, 3.8) is 0 Å². The first-order valence-corrected chi connectivity index (χ1v) is 12.3. The van der Waals surface area contributed by atoms with Crippen molar-refractivity contribution < 1.29 is 33.0 Å². The van der Waals surface area contributed by atoms with Gasteiger partial charge in [-0.05, 0) is 27.4 Å². The van der Waals surface area contributed by atoms with E-state index in [9.17, 15) is 33.6 Å². The Morgan fingerprint density at radius 2 is 2.06 bits per heavy atom. The third kappa shape index (κ3) is 5.77. The Morgan fingerprint density at radius 3 is 2.62 bits per heavy atom. The first-order valence-electron chi connectivity index (χ1n) is 9.81. The molecule has 1 aliphatic carbocycles. The molecule has 0 spiro atoms. The maximum atomic E-state index is 14.2. The highest BCUT2D eigenvalue weighted by molar-refractivity contribution is 8.13. The molecule has 32 heavy (non-hydrogen) atoms. The van der Waals surface area contributed by atoms with E-state index < -0.39 is 55.9 Å². The zero-order valence-electron chi connectivity index (χ0n) is 18.3. The first kappa shape index (κ1) is 26.9. The van der Waals surface area contributed by atoms with Crippen LogP contribution in [0.1, 0.15) is 24.9 Å². The van der Waals surface area contributed by atoms with E-state index in [0.717, 1.165) is 16.3 Å². The molecule has 0 saturated heterocycles. The number of carbonyl (C=O) groups excluding carboxylic acids is 1. The highest BCUT2D eigenvalue weighted by Gasteiger charge is 2.55.